The molecule has 0 radical (unpaired) electrons. The summed E-state index contributed by atoms with van der Waals surface area (Å²) in [6.45, 7) is -0.0880. The van der Waals surface area contributed by atoms with Gasteiger partial charge in [0, 0.05) is 12.1 Å². The first kappa shape index (κ1) is 10.1. The molecule has 3 rings (SSSR count). The summed E-state index contributed by atoms with van der Waals surface area (Å²) in [5.74, 6) is 0. The molecule has 88 valence electrons. The molecule has 0 amide bonds. The average molecular weight is 224 g/mol. The summed E-state index contributed by atoms with van der Waals surface area (Å²) in [5.41, 5.74) is 0.570. The molecule has 2 fully saturated rings. The first-order valence-electron chi connectivity index (χ1n) is 5.79. The molecule has 5 heteroatoms. The van der Waals surface area contributed by atoms with Crippen molar-refractivity contribution < 1.29 is 14.6 Å². The number of nitrogens with zero attached hydrogens (tertiary/aromatic N) is 2. The number of aliphatic hydroxyl groups excluding tert-OH is 2. The molecule has 2 unspecified atom stereocenters. The highest BCUT2D eigenvalue weighted by Crippen LogP contribution is 2.38. The SMILES string of the molecule is OCc1coc(N2C3CCC2CC(O)C3)n1. The normalized spacial score (nSPS) is 33.4. The van der Waals surface area contributed by atoms with Gasteiger partial charge in [0.1, 0.15) is 12.0 Å². The number of aromatic nitrogens is 1. The maximum absolute atomic E-state index is 9.69. The lowest BCUT2D eigenvalue weighted by Gasteiger charge is -2.35. The van der Waals surface area contributed by atoms with Crippen molar-refractivity contribution >= 4 is 6.01 Å². The Balaban J connectivity index is 1.85. The Morgan fingerprint density at radius 2 is 2.06 bits per heavy atom. The standard InChI is InChI=1S/C11H16N2O3/c14-5-7-6-16-11(12-7)13-8-1-2-9(13)4-10(15)3-8/h6,8-10,14-15H,1-5H2. The second-order valence-electron chi connectivity index (χ2n) is 4.70. The van der Waals surface area contributed by atoms with Gasteiger partial charge in [0.2, 0.25) is 0 Å². The molecule has 1 aromatic rings. The molecule has 2 aliphatic heterocycles. The van der Waals surface area contributed by atoms with E-state index in [2.05, 4.69) is 9.88 Å². The first-order chi connectivity index (χ1) is 7.78. The van der Waals surface area contributed by atoms with Crippen molar-refractivity contribution in [2.45, 2.75) is 50.5 Å². The van der Waals surface area contributed by atoms with E-state index in [1.807, 2.05) is 0 Å². The number of piperidine rings is 1. The van der Waals surface area contributed by atoms with Gasteiger partial charge in [-0.05, 0) is 25.7 Å². The summed E-state index contributed by atoms with van der Waals surface area (Å²) in [7, 11) is 0. The highest BCUT2D eigenvalue weighted by atomic mass is 16.4. The zero-order valence-corrected chi connectivity index (χ0v) is 9.04. The van der Waals surface area contributed by atoms with Gasteiger partial charge < -0.3 is 19.5 Å². The summed E-state index contributed by atoms with van der Waals surface area (Å²) < 4.78 is 5.38. The number of hydrogen-bond acceptors (Lipinski definition) is 5. The number of rotatable bonds is 2. The lowest BCUT2D eigenvalue weighted by Crippen LogP contribution is -2.45. The summed E-state index contributed by atoms with van der Waals surface area (Å²) in [5, 5.41) is 18.6. The molecule has 2 atom stereocenters. The van der Waals surface area contributed by atoms with Crippen molar-refractivity contribution in [3.63, 3.8) is 0 Å². The van der Waals surface area contributed by atoms with Crippen molar-refractivity contribution in [2.75, 3.05) is 4.90 Å². The summed E-state index contributed by atoms with van der Waals surface area (Å²) in [6.07, 6.45) is 5.11. The minimum absolute atomic E-state index is 0.0880. The van der Waals surface area contributed by atoms with Crippen molar-refractivity contribution in [1.82, 2.24) is 4.98 Å². The van der Waals surface area contributed by atoms with Crippen LogP contribution in [0.5, 0.6) is 0 Å². The van der Waals surface area contributed by atoms with E-state index in [0.29, 0.717) is 23.8 Å². The smallest absolute Gasteiger partial charge is 0.298 e. The summed E-state index contributed by atoms with van der Waals surface area (Å²) in [6, 6.07) is 1.29. The topological polar surface area (TPSA) is 69.7 Å². The maximum Gasteiger partial charge on any atom is 0.298 e. The van der Waals surface area contributed by atoms with Crippen LogP contribution in [0, 0.1) is 0 Å². The van der Waals surface area contributed by atoms with Gasteiger partial charge in [0.15, 0.2) is 0 Å². The van der Waals surface area contributed by atoms with Crippen LogP contribution in [0.2, 0.25) is 0 Å². The number of oxazole rings is 1. The first-order valence-corrected chi connectivity index (χ1v) is 5.79. The van der Waals surface area contributed by atoms with Crippen LogP contribution in [-0.4, -0.2) is 33.4 Å². The van der Waals surface area contributed by atoms with E-state index in [4.69, 9.17) is 9.52 Å². The highest BCUT2D eigenvalue weighted by Gasteiger charge is 2.42. The van der Waals surface area contributed by atoms with E-state index in [1.54, 1.807) is 0 Å². The van der Waals surface area contributed by atoms with E-state index in [1.165, 1.54) is 6.26 Å². The van der Waals surface area contributed by atoms with Crippen LogP contribution in [0.4, 0.5) is 6.01 Å². The Morgan fingerprint density at radius 3 is 2.62 bits per heavy atom. The zero-order valence-electron chi connectivity index (χ0n) is 9.04. The molecule has 0 spiro atoms. The summed E-state index contributed by atoms with van der Waals surface area (Å²) in [4.78, 5) is 6.42. The van der Waals surface area contributed by atoms with E-state index >= 15 is 0 Å². The number of fused-ring (bicyclic) bond motifs is 2. The van der Waals surface area contributed by atoms with Crippen LogP contribution in [0.3, 0.4) is 0 Å². The second-order valence-corrected chi connectivity index (χ2v) is 4.70. The van der Waals surface area contributed by atoms with Crippen LogP contribution >= 0.6 is 0 Å². The lowest BCUT2D eigenvalue weighted by atomic mass is 10.0. The fourth-order valence-corrected chi connectivity index (χ4v) is 2.95. The zero-order chi connectivity index (χ0) is 11.1. The largest absolute Gasteiger partial charge is 0.432 e. The Bertz CT molecular complexity index is 365. The van der Waals surface area contributed by atoms with Crippen molar-refractivity contribution in [3.8, 4) is 0 Å². The molecule has 2 saturated heterocycles. The summed E-state index contributed by atoms with van der Waals surface area (Å²) >= 11 is 0. The Morgan fingerprint density at radius 1 is 1.38 bits per heavy atom. The van der Waals surface area contributed by atoms with Gasteiger partial charge in [0.25, 0.3) is 6.01 Å². The second kappa shape index (κ2) is 3.75. The highest BCUT2D eigenvalue weighted by molar-refractivity contribution is 5.35. The quantitative estimate of drug-likeness (QED) is 0.772. The van der Waals surface area contributed by atoms with E-state index in [0.717, 1.165) is 25.7 Å². The van der Waals surface area contributed by atoms with Gasteiger partial charge in [-0.1, -0.05) is 0 Å². The molecule has 0 aliphatic carbocycles. The third kappa shape index (κ3) is 1.51. The van der Waals surface area contributed by atoms with Gasteiger partial charge >= 0.3 is 0 Å². The minimum atomic E-state index is -0.180. The molecule has 2 N–H and O–H groups in total. The lowest BCUT2D eigenvalue weighted by molar-refractivity contribution is 0.124. The number of hydrogen-bond donors (Lipinski definition) is 2. The van der Waals surface area contributed by atoms with E-state index < -0.39 is 0 Å². The minimum Gasteiger partial charge on any atom is -0.432 e. The molecule has 1 aromatic heterocycles. The van der Waals surface area contributed by atoms with E-state index in [-0.39, 0.29) is 12.7 Å². The molecule has 2 aliphatic rings. The van der Waals surface area contributed by atoms with Gasteiger partial charge in [-0.25, -0.2) is 0 Å². The van der Waals surface area contributed by atoms with Crippen LogP contribution in [0.15, 0.2) is 10.7 Å². The van der Waals surface area contributed by atoms with Gasteiger partial charge in [-0.2, -0.15) is 4.98 Å². The van der Waals surface area contributed by atoms with Crippen LogP contribution < -0.4 is 4.90 Å². The Kier molecular flexibility index (Phi) is 2.37. The predicted molar refractivity (Wildman–Crippen MR) is 57.0 cm³/mol. The van der Waals surface area contributed by atoms with Gasteiger partial charge in [-0.3, -0.25) is 0 Å². The van der Waals surface area contributed by atoms with Crippen LogP contribution in [0.1, 0.15) is 31.4 Å². The van der Waals surface area contributed by atoms with Crippen LogP contribution in [0.25, 0.3) is 0 Å². The van der Waals surface area contributed by atoms with Crippen molar-refractivity contribution in [1.29, 1.82) is 0 Å². The molecular weight excluding hydrogens is 208 g/mol. The fourth-order valence-electron chi connectivity index (χ4n) is 2.95. The van der Waals surface area contributed by atoms with E-state index in [9.17, 15) is 5.11 Å². The molecule has 0 aromatic carbocycles. The number of aliphatic hydroxyl groups is 2. The molecule has 2 bridgehead atoms. The average Bonchev–Trinajstić information content (AvgIpc) is 2.81. The molecule has 16 heavy (non-hydrogen) atoms. The van der Waals surface area contributed by atoms with Crippen molar-refractivity contribution in [3.05, 3.63) is 12.0 Å². The Hall–Kier alpha value is -1.07. The third-order valence-corrected chi connectivity index (χ3v) is 3.63. The van der Waals surface area contributed by atoms with Crippen LogP contribution in [-0.2, 0) is 6.61 Å². The maximum atomic E-state index is 9.69. The third-order valence-electron chi connectivity index (χ3n) is 3.63. The monoisotopic (exact) mass is 224 g/mol. The predicted octanol–water partition coefficient (Wildman–Crippen LogP) is 0.659. The Labute approximate surface area is 93.7 Å². The molecule has 5 nitrogen and oxygen atoms in total. The molecule has 0 saturated carbocycles. The molecule has 3 heterocycles. The molecular formula is C11H16N2O3. The van der Waals surface area contributed by atoms with Gasteiger partial charge in [-0.15, -0.1) is 0 Å². The van der Waals surface area contributed by atoms with Crippen molar-refractivity contribution in [2.24, 2.45) is 0 Å². The van der Waals surface area contributed by atoms with Gasteiger partial charge in [0.05, 0.1) is 12.7 Å². The fraction of sp³-hybridized carbons (Fsp3) is 0.727. The number of anilines is 1.